The number of pyridine rings is 1. The lowest BCUT2D eigenvalue weighted by molar-refractivity contribution is 0.115. The average molecular weight is 380 g/mol. The van der Waals surface area contributed by atoms with Gasteiger partial charge in [-0.3, -0.25) is 4.68 Å². The first-order valence-corrected chi connectivity index (χ1v) is 10.8. The summed E-state index contributed by atoms with van der Waals surface area (Å²) in [7, 11) is 1.97. The number of anilines is 1. The quantitative estimate of drug-likeness (QED) is 0.628. The molecule has 2 atom stereocenters. The number of nitrogens with one attached hydrogen (secondary N) is 1. The third-order valence-corrected chi connectivity index (χ3v) is 6.45. The van der Waals surface area contributed by atoms with Crippen molar-refractivity contribution in [3.63, 3.8) is 0 Å². The van der Waals surface area contributed by atoms with E-state index in [1.54, 1.807) is 0 Å². The second-order valence-corrected chi connectivity index (χ2v) is 8.39. The minimum absolute atomic E-state index is 0.719. The fourth-order valence-electron chi connectivity index (χ4n) is 4.68. The highest BCUT2D eigenvalue weighted by atomic mass is 15.3. The van der Waals surface area contributed by atoms with Crippen molar-refractivity contribution in [3.05, 3.63) is 30.0 Å². The number of nitrogens with zero attached hydrogens (tertiary/aromatic N) is 4. The van der Waals surface area contributed by atoms with Crippen LogP contribution >= 0.6 is 0 Å². The van der Waals surface area contributed by atoms with Crippen LogP contribution in [0.5, 0.6) is 0 Å². The minimum atomic E-state index is 0.719. The number of benzene rings is 1. The molecular formula is C23H33N5. The second kappa shape index (κ2) is 8.08. The predicted molar refractivity (Wildman–Crippen MR) is 118 cm³/mol. The van der Waals surface area contributed by atoms with Gasteiger partial charge < -0.3 is 10.2 Å². The first-order valence-electron chi connectivity index (χ1n) is 10.8. The Morgan fingerprint density at radius 3 is 2.86 bits per heavy atom. The van der Waals surface area contributed by atoms with Crippen LogP contribution in [-0.2, 0) is 7.05 Å². The summed E-state index contributed by atoms with van der Waals surface area (Å²) >= 11 is 0. The topological polar surface area (TPSA) is 46.0 Å². The number of fused-ring (bicyclic) bond motifs is 2. The molecule has 0 bridgehead atoms. The summed E-state index contributed by atoms with van der Waals surface area (Å²) in [4.78, 5) is 7.53. The SMILES string of the molecule is CCC1CCC(C)N(CCCNc2c3ccccc3nc3c2c(C)nn3C)C1. The van der Waals surface area contributed by atoms with Crippen molar-refractivity contribution in [1.29, 1.82) is 0 Å². The smallest absolute Gasteiger partial charge is 0.160 e. The molecule has 0 radical (unpaired) electrons. The summed E-state index contributed by atoms with van der Waals surface area (Å²) in [5.74, 6) is 0.881. The maximum absolute atomic E-state index is 4.84. The Balaban J connectivity index is 1.51. The molecule has 1 saturated heterocycles. The highest BCUT2D eigenvalue weighted by Crippen LogP contribution is 2.32. The van der Waals surface area contributed by atoms with Crippen molar-refractivity contribution in [2.75, 3.05) is 25.0 Å². The van der Waals surface area contributed by atoms with Gasteiger partial charge in [-0.15, -0.1) is 0 Å². The van der Waals surface area contributed by atoms with Crippen molar-refractivity contribution < 1.29 is 0 Å². The largest absolute Gasteiger partial charge is 0.384 e. The summed E-state index contributed by atoms with van der Waals surface area (Å²) in [6.07, 6.45) is 5.20. The molecule has 5 heteroatoms. The molecule has 5 nitrogen and oxygen atoms in total. The molecule has 3 heterocycles. The Kier molecular flexibility index (Phi) is 5.54. The molecule has 0 amide bonds. The van der Waals surface area contributed by atoms with Gasteiger partial charge in [0.2, 0.25) is 0 Å². The van der Waals surface area contributed by atoms with Gasteiger partial charge in [0.15, 0.2) is 5.65 Å². The molecule has 1 N–H and O–H groups in total. The van der Waals surface area contributed by atoms with E-state index in [-0.39, 0.29) is 0 Å². The number of aryl methyl sites for hydroxylation is 2. The summed E-state index contributed by atoms with van der Waals surface area (Å²) in [5.41, 5.74) is 4.20. The van der Waals surface area contributed by atoms with E-state index in [0.29, 0.717) is 0 Å². The molecule has 0 aliphatic carbocycles. The van der Waals surface area contributed by atoms with Crippen LogP contribution in [0.4, 0.5) is 5.69 Å². The van der Waals surface area contributed by atoms with E-state index >= 15 is 0 Å². The molecule has 2 aromatic heterocycles. The van der Waals surface area contributed by atoms with Gasteiger partial charge in [0.1, 0.15) is 0 Å². The number of hydrogen-bond acceptors (Lipinski definition) is 4. The van der Waals surface area contributed by atoms with E-state index in [1.807, 2.05) is 11.7 Å². The number of rotatable bonds is 6. The number of piperidine rings is 1. The third-order valence-electron chi connectivity index (χ3n) is 6.45. The molecule has 0 saturated carbocycles. The van der Waals surface area contributed by atoms with E-state index in [0.717, 1.165) is 47.2 Å². The molecular weight excluding hydrogens is 346 g/mol. The number of para-hydroxylation sites is 1. The minimum Gasteiger partial charge on any atom is -0.384 e. The number of aromatic nitrogens is 3. The lowest BCUT2D eigenvalue weighted by atomic mass is 9.91. The maximum atomic E-state index is 4.84. The molecule has 1 fully saturated rings. The van der Waals surface area contributed by atoms with Gasteiger partial charge in [0.05, 0.1) is 22.3 Å². The summed E-state index contributed by atoms with van der Waals surface area (Å²) < 4.78 is 1.89. The first kappa shape index (κ1) is 19.2. The van der Waals surface area contributed by atoms with Gasteiger partial charge in [-0.1, -0.05) is 31.5 Å². The van der Waals surface area contributed by atoms with E-state index in [4.69, 9.17) is 4.98 Å². The number of likely N-dealkylation sites (tertiary alicyclic amines) is 1. The van der Waals surface area contributed by atoms with E-state index < -0.39 is 0 Å². The molecule has 1 aromatic carbocycles. The second-order valence-electron chi connectivity index (χ2n) is 8.39. The van der Waals surface area contributed by atoms with Crippen LogP contribution in [0.1, 0.15) is 45.2 Å². The highest BCUT2D eigenvalue weighted by molar-refractivity contribution is 6.07. The van der Waals surface area contributed by atoms with Gasteiger partial charge in [0.25, 0.3) is 0 Å². The van der Waals surface area contributed by atoms with Crippen molar-refractivity contribution in [2.45, 2.75) is 52.5 Å². The van der Waals surface area contributed by atoms with Crippen LogP contribution in [-0.4, -0.2) is 45.3 Å². The summed E-state index contributed by atoms with van der Waals surface area (Å²) in [6.45, 7) is 10.2. The fraction of sp³-hybridized carbons (Fsp3) is 0.565. The molecule has 3 aromatic rings. The van der Waals surface area contributed by atoms with Gasteiger partial charge in [0, 0.05) is 38.1 Å². The van der Waals surface area contributed by atoms with Gasteiger partial charge >= 0.3 is 0 Å². The van der Waals surface area contributed by atoms with E-state index in [1.165, 1.54) is 43.4 Å². The molecule has 1 aliphatic heterocycles. The summed E-state index contributed by atoms with van der Waals surface area (Å²) in [6, 6.07) is 9.11. The average Bonchev–Trinajstić information content (AvgIpc) is 2.99. The van der Waals surface area contributed by atoms with Gasteiger partial charge in [-0.25, -0.2) is 4.98 Å². The summed E-state index contributed by atoms with van der Waals surface area (Å²) in [5, 5.41) is 10.7. The zero-order chi connectivity index (χ0) is 19.7. The van der Waals surface area contributed by atoms with E-state index in [2.05, 4.69) is 60.4 Å². The molecule has 28 heavy (non-hydrogen) atoms. The van der Waals surface area contributed by atoms with Crippen LogP contribution in [0, 0.1) is 12.8 Å². The highest BCUT2D eigenvalue weighted by Gasteiger charge is 2.23. The lowest BCUT2D eigenvalue weighted by Crippen LogP contribution is -2.42. The maximum Gasteiger partial charge on any atom is 0.160 e. The molecule has 0 spiro atoms. The monoisotopic (exact) mass is 379 g/mol. The van der Waals surface area contributed by atoms with Crippen LogP contribution in [0.25, 0.3) is 21.9 Å². The number of hydrogen-bond donors (Lipinski definition) is 1. The van der Waals surface area contributed by atoms with Gasteiger partial charge in [-0.2, -0.15) is 5.10 Å². The van der Waals surface area contributed by atoms with E-state index in [9.17, 15) is 0 Å². The Hall–Kier alpha value is -2.14. The fourth-order valence-corrected chi connectivity index (χ4v) is 4.68. The predicted octanol–water partition coefficient (Wildman–Crippen LogP) is 4.74. The molecule has 2 unspecified atom stereocenters. The van der Waals surface area contributed by atoms with Crippen LogP contribution < -0.4 is 5.32 Å². The normalized spacial score (nSPS) is 20.9. The molecule has 150 valence electrons. The van der Waals surface area contributed by atoms with Crippen molar-refractivity contribution in [3.8, 4) is 0 Å². The zero-order valence-electron chi connectivity index (χ0n) is 17.7. The first-order chi connectivity index (χ1) is 13.6. The Labute approximate surface area is 168 Å². The van der Waals surface area contributed by atoms with Crippen LogP contribution in [0.15, 0.2) is 24.3 Å². The Morgan fingerprint density at radius 2 is 2.04 bits per heavy atom. The van der Waals surface area contributed by atoms with Crippen LogP contribution in [0.2, 0.25) is 0 Å². The van der Waals surface area contributed by atoms with Crippen LogP contribution in [0.3, 0.4) is 0 Å². The molecule has 4 rings (SSSR count). The third kappa shape index (κ3) is 3.60. The lowest BCUT2D eigenvalue weighted by Gasteiger charge is -2.37. The zero-order valence-corrected chi connectivity index (χ0v) is 17.7. The van der Waals surface area contributed by atoms with Crippen molar-refractivity contribution in [2.24, 2.45) is 13.0 Å². The molecule has 1 aliphatic rings. The standard InChI is InChI=1S/C23H33N5/c1-5-18-12-11-16(2)28(15-18)14-8-13-24-22-19-9-6-7-10-20(19)25-23-21(22)17(3)26-27(23)4/h6-7,9-10,16,18H,5,8,11-15H2,1-4H3,(H,24,25). The Morgan fingerprint density at radius 1 is 1.21 bits per heavy atom. The van der Waals surface area contributed by atoms with Crippen molar-refractivity contribution in [1.82, 2.24) is 19.7 Å². The van der Waals surface area contributed by atoms with Gasteiger partial charge in [-0.05, 0) is 45.1 Å². The Bertz CT molecular complexity index is 960. The van der Waals surface area contributed by atoms with Crippen molar-refractivity contribution >= 4 is 27.6 Å².